The summed E-state index contributed by atoms with van der Waals surface area (Å²) in [4.78, 5) is 36.5. The molecule has 0 radical (unpaired) electrons. The van der Waals surface area contributed by atoms with E-state index in [-0.39, 0.29) is 11.6 Å². The van der Waals surface area contributed by atoms with Gasteiger partial charge < -0.3 is 20.1 Å². The number of amides is 3. The summed E-state index contributed by atoms with van der Waals surface area (Å²) in [6.45, 7) is -0.331. The second-order valence-corrected chi connectivity index (χ2v) is 8.70. The zero-order valence-electron chi connectivity index (χ0n) is 18.7. The van der Waals surface area contributed by atoms with Crippen molar-refractivity contribution in [2.75, 3.05) is 24.4 Å². The molecule has 3 amide bonds. The van der Waals surface area contributed by atoms with Crippen molar-refractivity contribution in [3.8, 4) is 11.5 Å². The molecular formula is C24H19BrCl2N4O5. The summed E-state index contributed by atoms with van der Waals surface area (Å²) < 4.78 is 11.3. The maximum Gasteiger partial charge on any atom is 0.329 e. The first-order valence-corrected chi connectivity index (χ1v) is 11.8. The first kappa shape index (κ1) is 27.0. The molecule has 3 aromatic carbocycles. The number of anilines is 2. The lowest BCUT2D eigenvalue weighted by Gasteiger charge is -2.11. The van der Waals surface area contributed by atoms with Crippen molar-refractivity contribution in [3.05, 3.63) is 80.7 Å². The van der Waals surface area contributed by atoms with Crippen molar-refractivity contribution in [3.63, 3.8) is 0 Å². The number of hydrogen-bond acceptors (Lipinski definition) is 6. The Morgan fingerprint density at radius 1 is 1.00 bits per heavy atom. The van der Waals surface area contributed by atoms with Crippen molar-refractivity contribution in [2.24, 2.45) is 5.10 Å². The van der Waals surface area contributed by atoms with Gasteiger partial charge in [-0.25, -0.2) is 5.43 Å². The van der Waals surface area contributed by atoms with E-state index in [0.29, 0.717) is 37.9 Å². The van der Waals surface area contributed by atoms with Crippen LogP contribution in [0.25, 0.3) is 0 Å². The van der Waals surface area contributed by atoms with Crippen LogP contribution in [-0.4, -0.2) is 37.7 Å². The molecule has 0 bridgehead atoms. The summed E-state index contributed by atoms with van der Waals surface area (Å²) in [5.41, 5.74) is 3.35. The smallest absolute Gasteiger partial charge is 0.329 e. The molecule has 3 aromatic rings. The molecule has 0 aliphatic heterocycles. The molecule has 0 saturated carbocycles. The summed E-state index contributed by atoms with van der Waals surface area (Å²) in [7, 11) is 1.52. The lowest BCUT2D eigenvalue weighted by molar-refractivity contribution is -0.136. The molecular weight excluding hydrogens is 575 g/mol. The van der Waals surface area contributed by atoms with Crippen LogP contribution in [0.3, 0.4) is 0 Å². The van der Waals surface area contributed by atoms with Crippen LogP contribution in [0.15, 0.2) is 70.2 Å². The number of carbonyl (C=O) groups is 3. The first-order valence-electron chi connectivity index (χ1n) is 10.2. The van der Waals surface area contributed by atoms with Gasteiger partial charge in [-0.3, -0.25) is 14.4 Å². The van der Waals surface area contributed by atoms with Crippen LogP contribution in [0.4, 0.5) is 11.4 Å². The number of rotatable bonds is 8. The highest BCUT2D eigenvalue weighted by atomic mass is 79.9. The second kappa shape index (κ2) is 12.9. The third-order valence-corrected chi connectivity index (χ3v) is 5.79. The zero-order valence-corrected chi connectivity index (χ0v) is 21.8. The van der Waals surface area contributed by atoms with Gasteiger partial charge in [-0.15, -0.1) is 0 Å². The average molecular weight is 594 g/mol. The fourth-order valence-corrected chi connectivity index (χ4v) is 3.48. The molecule has 9 nitrogen and oxygen atoms in total. The van der Waals surface area contributed by atoms with Crippen LogP contribution in [0.2, 0.25) is 10.0 Å². The molecule has 0 aliphatic carbocycles. The number of hydrogen-bond donors (Lipinski definition) is 3. The minimum absolute atomic E-state index is 0.218. The first-order chi connectivity index (χ1) is 17.3. The number of methoxy groups -OCH3 is 1. The summed E-state index contributed by atoms with van der Waals surface area (Å²) in [5, 5.41) is 9.40. The fourth-order valence-electron chi connectivity index (χ4n) is 2.76. The van der Waals surface area contributed by atoms with Crippen molar-refractivity contribution in [1.29, 1.82) is 0 Å². The minimum Gasteiger partial charge on any atom is -0.497 e. The van der Waals surface area contributed by atoms with Crippen LogP contribution in [0.5, 0.6) is 11.5 Å². The predicted molar refractivity (Wildman–Crippen MR) is 142 cm³/mol. The summed E-state index contributed by atoms with van der Waals surface area (Å²) in [5.74, 6) is -1.42. The van der Waals surface area contributed by atoms with Crippen LogP contribution in [0, 0.1) is 0 Å². The maximum absolute atomic E-state index is 12.3. The Balaban J connectivity index is 1.58. The van der Waals surface area contributed by atoms with E-state index in [4.69, 9.17) is 32.7 Å². The van der Waals surface area contributed by atoms with Gasteiger partial charge in [0.05, 0.1) is 29.1 Å². The third-order valence-electron chi connectivity index (χ3n) is 4.48. The van der Waals surface area contributed by atoms with E-state index in [9.17, 15) is 14.4 Å². The molecule has 0 fully saturated rings. The van der Waals surface area contributed by atoms with Gasteiger partial charge in [0, 0.05) is 15.7 Å². The highest BCUT2D eigenvalue weighted by molar-refractivity contribution is 9.10. The number of ether oxygens (including phenoxy) is 2. The molecule has 12 heteroatoms. The van der Waals surface area contributed by atoms with E-state index >= 15 is 0 Å². The Hall–Kier alpha value is -3.60. The van der Waals surface area contributed by atoms with Crippen LogP contribution < -0.4 is 25.5 Å². The van der Waals surface area contributed by atoms with Gasteiger partial charge in [0.1, 0.15) is 11.5 Å². The highest BCUT2D eigenvalue weighted by Crippen LogP contribution is 2.29. The number of carbonyl (C=O) groups excluding carboxylic acids is 3. The van der Waals surface area contributed by atoms with E-state index in [0.717, 1.165) is 0 Å². The molecule has 36 heavy (non-hydrogen) atoms. The van der Waals surface area contributed by atoms with E-state index < -0.39 is 17.7 Å². The van der Waals surface area contributed by atoms with E-state index in [1.165, 1.54) is 13.3 Å². The maximum atomic E-state index is 12.3. The Bertz CT molecular complexity index is 1300. The van der Waals surface area contributed by atoms with Gasteiger partial charge in [0.15, 0.2) is 6.61 Å². The lowest BCUT2D eigenvalue weighted by atomic mass is 10.2. The Kier molecular flexibility index (Phi) is 9.69. The third kappa shape index (κ3) is 7.70. The largest absolute Gasteiger partial charge is 0.497 e. The number of nitrogens with zero attached hydrogens (tertiary/aromatic N) is 1. The Labute approximate surface area is 224 Å². The molecule has 0 heterocycles. The van der Waals surface area contributed by atoms with Gasteiger partial charge in [0.25, 0.3) is 5.91 Å². The average Bonchev–Trinajstić information content (AvgIpc) is 2.86. The Morgan fingerprint density at radius 3 is 2.47 bits per heavy atom. The van der Waals surface area contributed by atoms with Crippen LogP contribution in [-0.2, 0) is 14.4 Å². The van der Waals surface area contributed by atoms with Crippen LogP contribution in [0.1, 0.15) is 5.56 Å². The topological polar surface area (TPSA) is 118 Å². The van der Waals surface area contributed by atoms with Crippen LogP contribution >= 0.6 is 39.1 Å². The fraction of sp³-hybridized carbons (Fsp3) is 0.0833. The van der Waals surface area contributed by atoms with E-state index in [1.54, 1.807) is 60.7 Å². The van der Waals surface area contributed by atoms with E-state index in [2.05, 4.69) is 37.1 Å². The molecule has 0 aliphatic rings. The number of hydrazone groups is 1. The Morgan fingerprint density at radius 2 is 1.75 bits per heavy atom. The molecule has 0 aromatic heterocycles. The van der Waals surface area contributed by atoms with Gasteiger partial charge >= 0.3 is 11.8 Å². The molecule has 0 unspecified atom stereocenters. The SMILES string of the molecule is COc1ccc(NC(=O)C(=O)N/N=C\c2cc(Br)ccc2OCC(=O)Nc2cccc(Cl)c2Cl)cc1. The molecule has 3 N–H and O–H groups in total. The number of benzene rings is 3. The van der Waals surface area contributed by atoms with Crippen molar-refractivity contribution in [2.45, 2.75) is 0 Å². The molecule has 0 saturated heterocycles. The van der Waals surface area contributed by atoms with Gasteiger partial charge in [-0.05, 0) is 54.6 Å². The predicted octanol–water partition coefficient (Wildman–Crippen LogP) is 4.87. The van der Waals surface area contributed by atoms with Gasteiger partial charge in [-0.2, -0.15) is 5.10 Å². The number of nitrogens with one attached hydrogen (secondary N) is 3. The van der Waals surface area contributed by atoms with E-state index in [1.807, 2.05) is 0 Å². The zero-order chi connectivity index (χ0) is 26.1. The quantitative estimate of drug-likeness (QED) is 0.196. The normalized spacial score (nSPS) is 10.6. The van der Waals surface area contributed by atoms with Gasteiger partial charge in [0.2, 0.25) is 0 Å². The summed E-state index contributed by atoms with van der Waals surface area (Å²) >= 11 is 15.4. The standard InChI is InChI=1S/C24H19BrCl2N4O5/c1-35-17-8-6-16(7-9-17)29-23(33)24(34)31-28-12-14-11-15(25)5-10-20(14)36-13-21(32)30-19-4-2-3-18(26)22(19)27/h2-12H,13H2,1H3,(H,29,33)(H,30,32)(H,31,34)/b28-12-. The minimum atomic E-state index is -0.975. The second-order valence-electron chi connectivity index (χ2n) is 7.00. The van der Waals surface area contributed by atoms with Gasteiger partial charge in [-0.1, -0.05) is 45.2 Å². The number of halogens is 3. The van der Waals surface area contributed by atoms with Crippen molar-refractivity contribution < 1.29 is 23.9 Å². The molecule has 3 rings (SSSR count). The molecule has 0 atom stereocenters. The van der Waals surface area contributed by atoms with Crippen molar-refractivity contribution in [1.82, 2.24) is 5.43 Å². The molecule has 186 valence electrons. The monoisotopic (exact) mass is 592 g/mol. The highest BCUT2D eigenvalue weighted by Gasteiger charge is 2.14. The summed E-state index contributed by atoms with van der Waals surface area (Å²) in [6, 6.07) is 16.3. The molecule has 0 spiro atoms. The summed E-state index contributed by atoms with van der Waals surface area (Å²) in [6.07, 6.45) is 1.28. The van der Waals surface area contributed by atoms with Crippen molar-refractivity contribution >= 4 is 74.4 Å². The lowest BCUT2D eigenvalue weighted by Crippen LogP contribution is -2.32.